The van der Waals surface area contributed by atoms with Gasteiger partial charge in [0, 0.05) is 12.2 Å². The van der Waals surface area contributed by atoms with Crippen molar-refractivity contribution in [3.05, 3.63) is 24.3 Å². The van der Waals surface area contributed by atoms with Crippen LogP contribution in [0.1, 0.15) is 13.8 Å². The van der Waals surface area contributed by atoms with Gasteiger partial charge in [-0.1, -0.05) is 0 Å². The quantitative estimate of drug-likeness (QED) is 0.617. The molecule has 0 aromatic heterocycles. The average Bonchev–Trinajstić information content (AvgIpc) is 3.00. The fraction of sp³-hybridized carbons (Fsp3) is 0.500. The number of rotatable bonds is 7. The maximum Gasteiger partial charge on any atom is 0.313 e. The molecule has 3 N–H and O–H groups in total. The van der Waals surface area contributed by atoms with E-state index in [9.17, 15) is 13.2 Å². The Morgan fingerprint density at radius 3 is 2.57 bits per heavy atom. The molecule has 0 amide bonds. The number of esters is 1. The third-order valence-electron chi connectivity index (χ3n) is 3.28. The SMILES string of the molecule is CCOC(=O)C1CNNC1S(=O)(=O)Nc1ccc(OCC)cc1. The minimum atomic E-state index is -3.82. The predicted molar refractivity (Wildman–Crippen MR) is 85.2 cm³/mol. The number of sulfonamides is 1. The molecule has 2 rings (SSSR count). The first-order chi connectivity index (χ1) is 11.0. The molecule has 1 aromatic carbocycles. The maximum absolute atomic E-state index is 12.5. The van der Waals surface area contributed by atoms with Crippen LogP contribution < -0.4 is 20.3 Å². The number of hydrogen-bond donors (Lipinski definition) is 3. The van der Waals surface area contributed by atoms with Gasteiger partial charge in [-0.05, 0) is 38.1 Å². The van der Waals surface area contributed by atoms with Crippen LogP contribution in [0.15, 0.2) is 24.3 Å². The third-order valence-corrected chi connectivity index (χ3v) is 4.92. The van der Waals surface area contributed by atoms with E-state index in [1.54, 1.807) is 31.2 Å². The minimum absolute atomic E-state index is 0.188. The van der Waals surface area contributed by atoms with E-state index in [1.165, 1.54) is 0 Å². The van der Waals surface area contributed by atoms with Gasteiger partial charge in [0.15, 0.2) is 5.37 Å². The predicted octanol–water partition coefficient (Wildman–Crippen LogP) is 0.440. The molecule has 0 saturated carbocycles. The van der Waals surface area contributed by atoms with Gasteiger partial charge in [0.1, 0.15) is 11.7 Å². The lowest BCUT2D eigenvalue weighted by molar-refractivity contribution is -0.147. The number of hydrogen-bond acceptors (Lipinski definition) is 7. The molecular weight excluding hydrogens is 322 g/mol. The second kappa shape index (κ2) is 7.62. The number of hydrazine groups is 1. The van der Waals surface area contributed by atoms with Crippen LogP contribution in [-0.2, 0) is 19.6 Å². The lowest BCUT2D eigenvalue weighted by Gasteiger charge is -2.18. The monoisotopic (exact) mass is 343 g/mol. The molecular formula is C14H21N3O5S. The number of carbonyl (C=O) groups is 1. The molecule has 0 aliphatic carbocycles. The Bertz CT molecular complexity index is 632. The fourth-order valence-electron chi connectivity index (χ4n) is 2.24. The second-order valence-electron chi connectivity index (χ2n) is 4.91. The zero-order chi connectivity index (χ0) is 16.9. The van der Waals surface area contributed by atoms with Crippen molar-refractivity contribution in [2.24, 2.45) is 5.92 Å². The molecule has 8 nitrogen and oxygen atoms in total. The van der Waals surface area contributed by atoms with Crippen LogP contribution in [0.5, 0.6) is 5.75 Å². The molecule has 1 aliphatic heterocycles. The van der Waals surface area contributed by atoms with Crippen molar-refractivity contribution in [2.75, 3.05) is 24.5 Å². The summed E-state index contributed by atoms with van der Waals surface area (Å²) < 4.78 is 37.6. The highest BCUT2D eigenvalue weighted by atomic mass is 32.2. The topological polar surface area (TPSA) is 106 Å². The van der Waals surface area contributed by atoms with Crippen LogP contribution in [0.2, 0.25) is 0 Å². The van der Waals surface area contributed by atoms with Crippen molar-refractivity contribution in [3.63, 3.8) is 0 Å². The molecule has 1 aromatic rings. The first-order valence-corrected chi connectivity index (χ1v) is 8.92. The van der Waals surface area contributed by atoms with Crippen LogP contribution in [-0.4, -0.2) is 39.5 Å². The first-order valence-electron chi connectivity index (χ1n) is 7.37. The largest absolute Gasteiger partial charge is 0.494 e. The van der Waals surface area contributed by atoms with Crippen LogP contribution in [0.25, 0.3) is 0 Å². The highest BCUT2D eigenvalue weighted by Crippen LogP contribution is 2.21. The summed E-state index contributed by atoms with van der Waals surface area (Å²) in [7, 11) is -3.82. The van der Waals surface area contributed by atoms with Gasteiger partial charge in [-0.25, -0.2) is 13.8 Å². The summed E-state index contributed by atoms with van der Waals surface area (Å²) in [4.78, 5) is 11.9. The summed E-state index contributed by atoms with van der Waals surface area (Å²) in [5.41, 5.74) is 5.70. The molecule has 128 valence electrons. The first kappa shape index (κ1) is 17.5. The summed E-state index contributed by atoms with van der Waals surface area (Å²) in [5, 5.41) is -1.10. The molecule has 1 saturated heterocycles. The van der Waals surface area contributed by atoms with Crippen molar-refractivity contribution in [1.82, 2.24) is 10.9 Å². The summed E-state index contributed by atoms with van der Waals surface area (Å²) in [5.74, 6) is -0.706. The fourth-order valence-corrected chi connectivity index (χ4v) is 3.71. The number of nitrogens with one attached hydrogen (secondary N) is 3. The summed E-state index contributed by atoms with van der Waals surface area (Å²) in [6.07, 6.45) is 0. The summed E-state index contributed by atoms with van der Waals surface area (Å²) in [6.45, 7) is 4.46. The van der Waals surface area contributed by atoms with E-state index >= 15 is 0 Å². The summed E-state index contributed by atoms with van der Waals surface area (Å²) in [6, 6.07) is 6.55. The molecule has 1 fully saturated rings. The van der Waals surface area contributed by atoms with E-state index in [4.69, 9.17) is 9.47 Å². The van der Waals surface area contributed by atoms with Crippen molar-refractivity contribution in [3.8, 4) is 5.75 Å². The lowest BCUT2D eigenvalue weighted by Crippen LogP contribution is -2.44. The lowest BCUT2D eigenvalue weighted by atomic mass is 10.2. The van der Waals surface area contributed by atoms with Gasteiger partial charge in [-0.3, -0.25) is 14.9 Å². The normalized spacial score (nSPS) is 21.0. The van der Waals surface area contributed by atoms with Gasteiger partial charge in [0.25, 0.3) is 10.0 Å². The van der Waals surface area contributed by atoms with Gasteiger partial charge in [-0.2, -0.15) is 0 Å². The molecule has 2 atom stereocenters. The zero-order valence-electron chi connectivity index (χ0n) is 13.0. The Morgan fingerprint density at radius 1 is 1.26 bits per heavy atom. The minimum Gasteiger partial charge on any atom is -0.494 e. The number of anilines is 1. The van der Waals surface area contributed by atoms with E-state index in [0.29, 0.717) is 18.0 Å². The summed E-state index contributed by atoms with van der Waals surface area (Å²) >= 11 is 0. The highest BCUT2D eigenvalue weighted by molar-refractivity contribution is 7.93. The zero-order valence-corrected chi connectivity index (χ0v) is 13.9. The number of ether oxygens (including phenoxy) is 2. The van der Waals surface area contributed by atoms with E-state index in [-0.39, 0.29) is 13.2 Å². The van der Waals surface area contributed by atoms with Crippen LogP contribution in [0.3, 0.4) is 0 Å². The van der Waals surface area contributed by atoms with E-state index in [1.807, 2.05) is 6.92 Å². The molecule has 0 spiro atoms. The molecule has 1 heterocycles. The number of carbonyl (C=O) groups excluding carboxylic acids is 1. The molecule has 0 radical (unpaired) electrons. The van der Waals surface area contributed by atoms with Crippen molar-refractivity contribution < 1.29 is 22.7 Å². The van der Waals surface area contributed by atoms with Gasteiger partial charge < -0.3 is 9.47 Å². The van der Waals surface area contributed by atoms with Crippen LogP contribution >= 0.6 is 0 Å². The second-order valence-corrected chi connectivity index (χ2v) is 6.71. The van der Waals surface area contributed by atoms with Crippen LogP contribution in [0, 0.1) is 5.92 Å². The Kier molecular flexibility index (Phi) is 5.80. The Morgan fingerprint density at radius 2 is 1.96 bits per heavy atom. The molecule has 1 aliphatic rings. The molecule has 0 bridgehead atoms. The third kappa shape index (κ3) is 4.34. The Labute approximate surface area is 135 Å². The average molecular weight is 343 g/mol. The smallest absolute Gasteiger partial charge is 0.313 e. The molecule has 23 heavy (non-hydrogen) atoms. The maximum atomic E-state index is 12.5. The molecule has 9 heteroatoms. The van der Waals surface area contributed by atoms with Gasteiger partial charge in [-0.15, -0.1) is 0 Å². The Balaban J connectivity index is 2.09. The highest BCUT2D eigenvalue weighted by Gasteiger charge is 2.42. The molecule has 2 unspecified atom stereocenters. The van der Waals surface area contributed by atoms with Crippen LogP contribution in [0.4, 0.5) is 5.69 Å². The van der Waals surface area contributed by atoms with Crippen molar-refractivity contribution in [2.45, 2.75) is 19.2 Å². The standard InChI is InChI=1S/C14H21N3O5S/c1-3-21-11-7-5-10(6-8-11)17-23(19,20)13-12(9-15-16-13)14(18)22-4-2/h5-8,12-13,15-17H,3-4,9H2,1-2H3. The Hall–Kier alpha value is -1.84. The van der Waals surface area contributed by atoms with Gasteiger partial charge in [0.2, 0.25) is 0 Å². The number of benzene rings is 1. The van der Waals surface area contributed by atoms with Crippen molar-refractivity contribution >= 4 is 21.7 Å². The van der Waals surface area contributed by atoms with Gasteiger partial charge >= 0.3 is 5.97 Å². The van der Waals surface area contributed by atoms with Crippen molar-refractivity contribution in [1.29, 1.82) is 0 Å². The van der Waals surface area contributed by atoms with E-state index in [2.05, 4.69) is 15.6 Å². The van der Waals surface area contributed by atoms with E-state index in [0.717, 1.165) is 0 Å². The van der Waals surface area contributed by atoms with Gasteiger partial charge in [0.05, 0.1) is 13.2 Å². The van der Waals surface area contributed by atoms with E-state index < -0.39 is 27.3 Å².